The van der Waals surface area contributed by atoms with Crippen LogP contribution in [0.1, 0.15) is 20.8 Å². The molecule has 58 valence electrons. The molecule has 0 saturated heterocycles. The maximum atomic E-state index is 3.94. The zero-order valence-corrected chi connectivity index (χ0v) is 7.02. The van der Waals surface area contributed by atoms with E-state index in [0.717, 1.165) is 12.1 Å². The van der Waals surface area contributed by atoms with Crippen molar-refractivity contribution < 1.29 is 0 Å². The summed E-state index contributed by atoms with van der Waals surface area (Å²) in [6.45, 7) is 10.8. The second-order valence-corrected chi connectivity index (χ2v) is 2.86. The number of allylic oxidation sites excluding steroid dienone is 1. The SMILES string of the molecule is C=C(C)C=NNCC(C)C. The van der Waals surface area contributed by atoms with E-state index in [0.29, 0.717) is 5.92 Å². The Hall–Kier alpha value is -0.790. The van der Waals surface area contributed by atoms with E-state index >= 15 is 0 Å². The lowest BCUT2D eigenvalue weighted by atomic mass is 10.2. The Morgan fingerprint density at radius 2 is 2.30 bits per heavy atom. The normalized spacial score (nSPS) is 10.8. The van der Waals surface area contributed by atoms with E-state index in [4.69, 9.17) is 0 Å². The van der Waals surface area contributed by atoms with Gasteiger partial charge in [-0.3, -0.25) is 0 Å². The second-order valence-electron chi connectivity index (χ2n) is 2.86. The minimum atomic E-state index is 0.641. The van der Waals surface area contributed by atoms with Gasteiger partial charge in [-0.2, -0.15) is 5.10 Å². The average Bonchev–Trinajstić information content (AvgIpc) is 1.79. The van der Waals surface area contributed by atoms with Crippen LogP contribution in [-0.2, 0) is 0 Å². The lowest BCUT2D eigenvalue weighted by Crippen LogP contribution is -2.13. The third-order valence-corrected chi connectivity index (χ3v) is 0.876. The fraction of sp³-hybridized carbons (Fsp3) is 0.625. The van der Waals surface area contributed by atoms with Crippen molar-refractivity contribution in [1.82, 2.24) is 5.43 Å². The summed E-state index contributed by atoms with van der Waals surface area (Å²) in [5.41, 5.74) is 3.89. The van der Waals surface area contributed by atoms with E-state index in [-0.39, 0.29) is 0 Å². The number of hydrogen-bond donors (Lipinski definition) is 1. The molecule has 0 aliphatic rings. The van der Waals surface area contributed by atoms with Gasteiger partial charge in [0.05, 0.1) is 0 Å². The number of hydrogen-bond acceptors (Lipinski definition) is 2. The molecule has 0 aromatic heterocycles. The first-order valence-corrected chi connectivity index (χ1v) is 3.54. The van der Waals surface area contributed by atoms with Gasteiger partial charge in [-0.1, -0.05) is 20.4 Å². The van der Waals surface area contributed by atoms with Gasteiger partial charge in [-0.15, -0.1) is 0 Å². The van der Waals surface area contributed by atoms with Crippen molar-refractivity contribution in [3.8, 4) is 0 Å². The molecule has 0 spiro atoms. The number of hydrazone groups is 1. The highest BCUT2D eigenvalue weighted by Crippen LogP contribution is 1.86. The lowest BCUT2D eigenvalue weighted by Gasteiger charge is -2.01. The molecule has 10 heavy (non-hydrogen) atoms. The molecular formula is C8H16N2. The van der Waals surface area contributed by atoms with E-state index in [2.05, 4.69) is 31.0 Å². The Balaban J connectivity index is 3.27. The average molecular weight is 140 g/mol. The van der Waals surface area contributed by atoms with Crippen LogP contribution in [0.4, 0.5) is 0 Å². The van der Waals surface area contributed by atoms with Crippen molar-refractivity contribution in [3.05, 3.63) is 12.2 Å². The molecule has 0 radical (unpaired) electrons. The summed E-state index contributed by atoms with van der Waals surface area (Å²) in [6.07, 6.45) is 1.72. The first kappa shape index (κ1) is 9.21. The Kier molecular flexibility index (Phi) is 4.63. The van der Waals surface area contributed by atoms with E-state index < -0.39 is 0 Å². The van der Waals surface area contributed by atoms with Crippen LogP contribution in [0.2, 0.25) is 0 Å². The van der Waals surface area contributed by atoms with Crippen LogP contribution < -0.4 is 5.43 Å². The molecule has 0 aromatic carbocycles. The highest BCUT2D eigenvalue weighted by atomic mass is 15.3. The largest absolute Gasteiger partial charge is 0.310 e. The smallest absolute Gasteiger partial charge is 0.0491 e. The standard InChI is InChI=1S/C8H16N2/c1-7(2)5-9-10-6-8(3)4/h5,8,10H,1,6H2,2-4H3. The summed E-state index contributed by atoms with van der Waals surface area (Å²) in [7, 11) is 0. The van der Waals surface area contributed by atoms with Gasteiger partial charge >= 0.3 is 0 Å². The maximum Gasteiger partial charge on any atom is 0.0491 e. The van der Waals surface area contributed by atoms with Gasteiger partial charge in [-0.05, 0) is 18.4 Å². The summed E-state index contributed by atoms with van der Waals surface area (Å²) in [4.78, 5) is 0. The van der Waals surface area contributed by atoms with Gasteiger partial charge in [0.1, 0.15) is 0 Å². The van der Waals surface area contributed by atoms with Crippen molar-refractivity contribution in [1.29, 1.82) is 0 Å². The molecule has 2 heteroatoms. The van der Waals surface area contributed by atoms with Crippen LogP contribution in [0, 0.1) is 5.92 Å². The van der Waals surface area contributed by atoms with E-state index in [9.17, 15) is 0 Å². The molecule has 0 aromatic rings. The van der Waals surface area contributed by atoms with Crippen LogP contribution >= 0.6 is 0 Å². The molecule has 1 N–H and O–H groups in total. The van der Waals surface area contributed by atoms with Gasteiger partial charge in [-0.25, -0.2) is 0 Å². The van der Waals surface area contributed by atoms with Crippen molar-refractivity contribution >= 4 is 6.21 Å². The number of nitrogens with one attached hydrogen (secondary N) is 1. The highest BCUT2D eigenvalue weighted by Gasteiger charge is 1.87. The fourth-order valence-electron chi connectivity index (χ4n) is 0.391. The zero-order valence-electron chi connectivity index (χ0n) is 7.02. The highest BCUT2D eigenvalue weighted by molar-refractivity contribution is 5.76. The number of nitrogens with zero attached hydrogens (tertiary/aromatic N) is 1. The Morgan fingerprint density at radius 3 is 2.70 bits per heavy atom. The Bertz CT molecular complexity index is 125. The zero-order chi connectivity index (χ0) is 7.98. The quantitative estimate of drug-likeness (QED) is 0.467. The van der Waals surface area contributed by atoms with Crippen LogP contribution in [0.3, 0.4) is 0 Å². The van der Waals surface area contributed by atoms with Crippen LogP contribution in [0.15, 0.2) is 17.3 Å². The number of rotatable bonds is 4. The second kappa shape index (κ2) is 5.03. The Labute approximate surface area is 63.0 Å². The summed E-state index contributed by atoms with van der Waals surface area (Å²) >= 11 is 0. The maximum absolute atomic E-state index is 3.94. The predicted octanol–water partition coefficient (Wildman–Crippen LogP) is 1.79. The van der Waals surface area contributed by atoms with Gasteiger partial charge in [0, 0.05) is 12.8 Å². The van der Waals surface area contributed by atoms with Crippen LogP contribution in [0.25, 0.3) is 0 Å². The third kappa shape index (κ3) is 7.21. The van der Waals surface area contributed by atoms with Crippen molar-refractivity contribution in [2.75, 3.05) is 6.54 Å². The topological polar surface area (TPSA) is 24.4 Å². The molecule has 2 nitrogen and oxygen atoms in total. The van der Waals surface area contributed by atoms with Crippen molar-refractivity contribution in [3.63, 3.8) is 0 Å². The van der Waals surface area contributed by atoms with Gasteiger partial charge in [0.2, 0.25) is 0 Å². The van der Waals surface area contributed by atoms with Gasteiger partial charge < -0.3 is 5.43 Å². The summed E-state index contributed by atoms with van der Waals surface area (Å²) in [5, 5.41) is 3.94. The van der Waals surface area contributed by atoms with Crippen LogP contribution in [0.5, 0.6) is 0 Å². The van der Waals surface area contributed by atoms with E-state index in [1.807, 2.05) is 6.92 Å². The fourth-order valence-corrected chi connectivity index (χ4v) is 0.391. The van der Waals surface area contributed by atoms with Crippen molar-refractivity contribution in [2.45, 2.75) is 20.8 Å². The van der Waals surface area contributed by atoms with E-state index in [1.165, 1.54) is 0 Å². The Morgan fingerprint density at radius 1 is 1.70 bits per heavy atom. The first-order valence-electron chi connectivity index (χ1n) is 3.54. The molecule has 0 bridgehead atoms. The molecular weight excluding hydrogens is 124 g/mol. The van der Waals surface area contributed by atoms with E-state index in [1.54, 1.807) is 6.21 Å². The van der Waals surface area contributed by atoms with Gasteiger partial charge in [0.15, 0.2) is 0 Å². The lowest BCUT2D eigenvalue weighted by molar-refractivity contribution is 0.571. The first-order chi connectivity index (χ1) is 4.63. The minimum absolute atomic E-state index is 0.641. The molecule has 0 heterocycles. The minimum Gasteiger partial charge on any atom is -0.310 e. The predicted molar refractivity (Wildman–Crippen MR) is 46.1 cm³/mol. The molecule has 0 amide bonds. The summed E-state index contributed by atoms with van der Waals surface area (Å²) in [6, 6.07) is 0. The third-order valence-electron chi connectivity index (χ3n) is 0.876. The summed E-state index contributed by atoms with van der Waals surface area (Å²) in [5.74, 6) is 0.641. The molecule has 0 saturated carbocycles. The molecule has 0 unspecified atom stereocenters. The molecule has 0 aliphatic carbocycles. The molecule has 0 aliphatic heterocycles. The van der Waals surface area contributed by atoms with Crippen LogP contribution in [-0.4, -0.2) is 12.8 Å². The van der Waals surface area contributed by atoms with Crippen molar-refractivity contribution in [2.24, 2.45) is 11.0 Å². The van der Waals surface area contributed by atoms with Gasteiger partial charge in [0.25, 0.3) is 0 Å². The molecule has 0 fully saturated rings. The summed E-state index contributed by atoms with van der Waals surface area (Å²) < 4.78 is 0. The monoisotopic (exact) mass is 140 g/mol. The molecule has 0 rings (SSSR count). The molecule has 0 atom stereocenters.